The molecule has 2 aromatic carbocycles. The molecular weight excluding hydrogens is 461 g/mol. The fourth-order valence-electron chi connectivity index (χ4n) is 4.39. The average Bonchev–Trinajstić information content (AvgIpc) is 3.38. The van der Waals surface area contributed by atoms with Crippen molar-refractivity contribution in [3.8, 4) is 5.75 Å². The topological polar surface area (TPSA) is 70.8 Å². The molecule has 1 atom stereocenters. The number of amides is 1. The summed E-state index contributed by atoms with van der Waals surface area (Å²) in [6.07, 6.45) is -4.12. The number of carbonyl (C=O) groups excluding carboxylic acids is 1. The number of hydrogen-bond acceptors (Lipinski definition) is 5. The van der Waals surface area contributed by atoms with Crippen molar-refractivity contribution in [2.45, 2.75) is 38.2 Å². The van der Waals surface area contributed by atoms with Gasteiger partial charge in [-0.05, 0) is 43.3 Å². The first-order chi connectivity index (χ1) is 16.7. The number of halogens is 3. The standard InChI is InChI=1S/C25H29F3N4O3/c1-30(15-18-8-10-20(11-9-18)35-14-13-31-12-4-7-23(31)34)16-19(33)17-32-22-6-3-2-5-21(22)29-24(32)25(26,27)28/h2-3,5-6,8-11,19,33H,4,7,12-17H2,1H3. The van der Waals surface area contributed by atoms with E-state index in [1.807, 2.05) is 29.2 Å². The number of nitrogens with zero attached hydrogens (tertiary/aromatic N) is 4. The molecule has 2 heterocycles. The van der Waals surface area contributed by atoms with Crippen LogP contribution in [0.25, 0.3) is 11.0 Å². The molecule has 3 aromatic rings. The predicted octanol–water partition coefficient (Wildman–Crippen LogP) is 3.55. The van der Waals surface area contributed by atoms with Crippen LogP contribution < -0.4 is 4.74 Å². The highest BCUT2D eigenvalue weighted by Crippen LogP contribution is 2.31. The van der Waals surface area contributed by atoms with Crippen LogP contribution in [-0.2, 0) is 24.1 Å². The third-order valence-electron chi connectivity index (χ3n) is 6.00. The minimum absolute atomic E-state index is 0.171. The minimum Gasteiger partial charge on any atom is -0.492 e. The summed E-state index contributed by atoms with van der Waals surface area (Å²) < 4.78 is 47.2. The van der Waals surface area contributed by atoms with Crippen molar-refractivity contribution in [3.05, 3.63) is 59.9 Å². The van der Waals surface area contributed by atoms with Gasteiger partial charge in [0, 0.05) is 26.1 Å². The zero-order chi connectivity index (χ0) is 25.0. The van der Waals surface area contributed by atoms with Crippen LogP contribution in [-0.4, -0.2) is 69.8 Å². The van der Waals surface area contributed by atoms with Crippen LogP contribution in [0.15, 0.2) is 48.5 Å². The first kappa shape index (κ1) is 25.0. The number of rotatable bonds is 10. The van der Waals surface area contributed by atoms with Crippen molar-refractivity contribution in [1.82, 2.24) is 19.4 Å². The molecule has 7 nitrogen and oxygen atoms in total. The van der Waals surface area contributed by atoms with E-state index in [2.05, 4.69) is 4.98 Å². The van der Waals surface area contributed by atoms with Crippen LogP contribution in [0.2, 0.25) is 0 Å². The van der Waals surface area contributed by atoms with Crippen LogP contribution in [0.3, 0.4) is 0 Å². The third kappa shape index (κ3) is 6.32. The van der Waals surface area contributed by atoms with Crippen LogP contribution in [0.5, 0.6) is 5.75 Å². The van der Waals surface area contributed by atoms with Crippen molar-refractivity contribution in [1.29, 1.82) is 0 Å². The van der Waals surface area contributed by atoms with Crippen molar-refractivity contribution in [2.24, 2.45) is 0 Å². The van der Waals surface area contributed by atoms with Crippen LogP contribution >= 0.6 is 0 Å². The molecule has 1 aliphatic heterocycles. The molecule has 1 fully saturated rings. The average molecular weight is 491 g/mol. The van der Waals surface area contributed by atoms with E-state index < -0.39 is 18.1 Å². The molecular formula is C25H29F3N4O3. The SMILES string of the molecule is CN(Cc1ccc(OCCN2CCCC2=O)cc1)CC(O)Cn1c(C(F)(F)F)nc2ccccc21. The largest absolute Gasteiger partial charge is 0.492 e. The van der Waals surface area contributed by atoms with E-state index >= 15 is 0 Å². The van der Waals surface area contributed by atoms with Crippen molar-refractivity contribution in [2.75, 3.05) is 33.3 Å². The number of benzene rings is 2. The van der Waals surface area contributed by atoms with Crippen molar-refractivity contribution >= 4 is 16.9 Å². The number of para-hydroxylation sites is 2. The molecule has 0 radical (unpaired) electrons. The summed E-state index contributed by atoms with van der Waals surface area (Å²) in [5, 5.41) is 10.6. The summed E-state index contributed by atoms with van der Waals surface area (Å²) in [6, 6.07) is 13.9. The molecule has 35 heavy (non-hydrogen) atoms. The molecule has 1 aliphatic rings. The van der Waals surface area contributed by atoms with E-state index in [0.717, 1.165) is 23.1 Å². The quantitative estimate of drug-likeness (QED) is 0.471. The van der Waals surface area contributed by atoms with Crippen LogP contribution in [0.1, 0.15) is 24.2 Å². The van der Waals surface area contributed by atoms with Gasteiger partial charge in [-0.3, -0.25) is 9.69 Å². The molecule has 0 bridgehead atoms. The lowest BCUT2D eigenvalue weighted by atomic mass is 10.2. The summed E-state index contributed by atoms with van der Waals surface area (Å²) in [6.45, 7) is 2.27. The van der Waals surface area contributed by atoms with E-state index in [1.54, 1.807) is 30.1 Å². The molecule has 1 aromatic heterocycles. The first-order valence-corrected chi connectivity index (χ1v) is 11.6. The Morgan fingerprint density at radius 3 is 2.60 bits per heavy atom. The Morgan fingerprint density at radius 1 is 1.17 bits per heavy atom. The predicted molar refractivity (Wildman–Crippen MR) is 125 cm³/mol. The summed E-state index contributed by atoms with van der Waals surface area (Å²) in [7, 11) is 1.80. The highest BCUT2D eigenvalue weighted by Gasteiger charge is 2.38. The number of likely N-dealkylation sites (tertiary alicyclic amines) is 1. The second-order valence-corrected chi connectivity index (χ2v) is 8.86. The molecule has 1 N–H and O–H groups in total. The molecule has 0 saturated carbocycles. The van der Waals surface area contributed by atoms with Crippen LogP contribution in [0.4, 0.5) is 13.2 Å². The van der Waals surface area contributed by atoms with E-state index in [4.69, 9.17) is 4.74 Å². The third-order valence-corrected chi connectivity index (χ3v) is 6.00. The summed E-state index contributed by atoms with van der Waals surface area (Å²) in [4.78, 5) is 19.0. The smallest absolute Gasteiger partial charge is 0.449 e. The van der Waals surface area contributed by atoms with Crippen LogP contribution in [0, 0.1) is 0 Å². The van der Waals surface area contributed by atoms with Gasteiger partial charge in [-0.1, -0.05) is 24.3 Å². The fourth-order valence-corrected chi connectivity index (χ4v) is 4.39. The van der Waals surface area contributed by atoms with Gasteiger partial charge >= 0.3 is 6.18 Å². The Hall–Kier alpha value is -3.11. The maximum atomic E-state index is 13.5. The maximum absolute atomic E-state index is 13.5. The number of imidazole rings is 1. The second-order valence-electron chi connectivity index (χ2n) is 8.86. The van der Waals surface area contributed by atoms with E-state index in [-0.39, 0.29) is 24.5 Å². The number of fused-ring (bicyclic) bond motifs is 1. The highest BCUT2D eigenvalue weighted by molar-refractivity contribution is 5.78. The lowest BCUT2D eigenvalue weighted by Gasteiger charge is -2.22. The lowest BCUT2D eigenvalue weighted by Crippen LogP contribution is -2.32. The van der Waals surface area contributed by atoms with Gasteiger partial charge in [0.25, 0.3) is 0 Å². The number of aliphatic hydroxyl groups excluding tert-OH is 1. The summed E-state index contributed by atoms with van der Waals surface area (Å²) >= 11 is 0. The second kappa shape index (κ2) is 10.7. The number of hydrogen-bond donors (Lipinski definition) is 1. The van der Waals surface area contributed by atoms with E-state index in [9.17, 15) is 23.1 Å². The van der Waals surface area contributed by atoms with Gasteiger partial charge in [-0.15, -0.1) is 0 Å². The lowest BCUT2D eigenvalue weighted by molar-refractivity contribution is -0.147. The van der Waals surface area contributed by atoms with Gasteiger partial charge in [0.1, 0.15) is 12.4 Å². The van der Waals surface area contributed by atoms with Gasteiger partial charge in [0.2, 0.25) is 11.7 Å². The monoisotopic (exact) mass is 490 g/mol. The van der Waals surface area contributed by atoms with Gasteiger partial charge in [0.05, 0.1) is 30.2 Å². The Bertz CT molecular complexity index is 1150. The van der Waals surface area contributed by atoms with Gasteiger partial charge < -0.3 is 19.3 Å². The number of alkyl halides is 3. The van der Waals surface area contributed by atoms with Crippen molar-refractivity contribution in [3.63, 3.8) is 0 Å². The van der Waals surface area contributed by atoms with E-state index in [1.165, 1.54) is 6.07 Å². The van der Waals surface area contributed by atoms with E-state index in [0.29, 0.717) is 37.4 Å². The molecule has 0 aliphatic carbocycles. The zero-order valence-corrected chi connectivity index (χ0v) is 19.5. The minimum atomic E-state index is -4.61. The van der Waals surface area contributed by atoms with Gasteiger partial charge in [-0.25, -0.2) is 4.98 Å². The number of aliphatic hydroxyl groups is 1. The molecule has 4 rings (SSSR count). The molecule has 1 amide bonds. The fraction of sp³-hybridized carbons (Fsp3) is 0.440. The molecule has 1 unspecified atom stereocenters. The first-order valence-electron chi connectivity index (χ1n) is 11.6. The molecule has 1 saturated heterocycles. The Labute approximate surface area is 201 Å². The summed E-state index contributed by atoms with van der Waals surface area (Å²) in [5.74, 6) is -0.134. The number of aromatic nitrogens is 2. The Kier molecular flexibility index (Phi) is 7.61. The summed E-state index contributed by atoms with van der Waals surface area (Å²) in [5.41, 5.74) is 1.56. The number of carbonyl (C=O) groups is 1. The number of likely N-dealkylation sites (N-methyl/N-ethyl adjacent to an activating group) is 1. The van der Waals surface area contributed by atoms with Gasteiger partial charge in [0.15, 0.2) is 0 Å². The molecule has 0 spiro atoms. The molecule has 188 valence electrons. The molecule has 10 heteroatoms. The zero-order valence-electron chi connectivity index (χ0n) is 19.5. The number of ether oxygens (including phenoxy) is 1. The van der Waals surface area contributed by atoms with Crippen molar-refractivity contribution < 1.29 is 27.8 Å². The Balaban J connectivity index is 1.29. The highest BCUT2D eigenvalue weighted by atomic mass is 19.4. The maximum Gasteiger partial charge on any atom is 0.449 e. The van der Waals surface area contributed by atoms with Gasteiger partial charge in [-0.2, -0.15) is 13.2 Å². The Morgan fingerprint density at radius 2 is 1.91 bits per heavy atom. The normalized spacial score (nSPS) is 15.4.